The molecule has 182 valence electrons. The van der Waals surface area contributed by atoms with E-state index >= 15 is 0 Å². The summed E-state index contributed by atoms with van der Waals surface area (Å²) in [6.45, 7) is 6.12. The highest BCUT2D eigenvalue weighted by Gasteiger charge is 2.33. The van der Waals surface area contributed by atoms with Crippen LogP contribution in [0.2, 0.25) is 0 Å². The quantitative estimate of drug-likeness (QED) is 0.423. The first kappa shape index (κ1) is 25.0. The Labute approximate surface area is 199 Å². The van der Waals surface area contributed by atoms with Gasteiger partial charge in [0.2, 0.25) is 5.75 Å². The number of rotatable bonds is 8. The highest BCUT2D eigenvalue weighted by molar-refractivity contribution is 6.03. The Morgan fingerprint density at radius 1 is 1.03 bits per heavy atom. The van der Waals surface area contributed by atoms with Gasteiger partial charge in [0.05, 0.1) is 20.6 Å². The standard InChI is InChI=1S/C27H32O7/c1-15(2)7-6-8-16(3)9-10-18-19(28)13-22-25(26(18)30)20(29)14-21(34-22)17-11-23(32-4)27(31)24(12-17)33-5/h7,9,11-13,21,28,30-31H,6,8,10,14H2,1-5H3/b16-9+/t21-/m0/s1. The summed E-state index contributed by atoms with van der Waals surface area (Å²) < 4.78 is 16.4. The van der Waals surface area contributed by atoms with E-state index in [0.29, 0.717) is 17.5 Å². The molecule has 34 heavy (non-hydrogen) atoms. The topological polar surface area (TPSA) is 105 Å². The predicted octanol–water partition coefficient (Wildman–Crippen LogP) is 5.76. The number of fused-ring (bicyclic) bond motifs is 1. The fraction of sp³-hybridized carbons (Fsp3) is 0.370. The van der Waals surface area contributed by atoms with Crippen molar-refractivity contribution >= 4 is 5.78 Å². The maximum Gasteiger partial charge on any atom is 0.200 e. The van der Waals surface area contributed by atoms with Gasteiger partial charge in [-0.15, -0.1) is 0 Å². The van der Waals surface area contributed by atoms with Gasteiger partial charge < -0.3 is 29.5 Å². The van der Waals surface area contributed by atoms with E-state index in [4.69, 9.17) is 14.2 Å². The van der Waals surface area contributed by atoms with Crippen LogP contribution in [-0.2, 0) is 6.42 Å². The first-order valence-electron chi connectivity index (χ1n) is 11.2. The van der Waals surface area contributed by atoms with E-state index in [9.17, 15) is 20.1 Å². The lowest BCUT2D eigenvalue weighted by Gasteiger charge is -2.27. The number of ketones is 1. The summed E-state index contributed by atoms with van der Waals surface area (Å²) in [6, 6.07) is 4.50. The van der Waals surface area contributed by atoms with Crippen molar-refractivity contribution in [2.24, 2.45) is 0 Å². The molecule has 0 bridgehead atoms. The number of phenols is 3. The Kier molecular flexibility index (Phi) is 7.76. The van der Waals surface area contributed by atoms with Crippen LogP contribution in [0.3, 0.4) is 0 Å². The third-order valence-corrected chi connectivity index (χ3v) is 5.88. The minimum atomic E-state index is -0.703. The average molecular weight is 469 g/mol. The third kappa shape index (κ3) is 5.30. The van der Waals surface area contributed by atoms with Gasteiger partial charge in [-0.3, -0.25) is 4.79 Å². The normalized spacial score (nSPS) is 15.4. The molecule has 1 atom stereocenters. The number of benzene rings is 2. The number of aromatic hydroxyl groups is 3. The van der Waals surface area contributed by atoms with Gasteiger partial charge in [0.1, 0.15) is 28.9 Å². The zero-order valence-electron chi connectivity index (χ0n) is 20.3. The molecule has 7 nitrogen and oxygen atoms in total. The van der Waals surface area contributed by atoms with Crippen LogP contribution >= 0.6 is 0 Å². The zero-order valence-corrected chi connectivity index (χ0v) is 20.3. The summed E-state index contributed by atoms with van der Waals surface area (Å²) in [6.07, 6.45) is 5.48. The largest absolute Gasteiger partial charge is 0.507 e. The van der Waals surface area contributed by atoms with E-state index < -0.39 is 6.10 Å². The molecule has 2 aromatic rings. The number of hydrogen-bond donors (Lipinski definition) is 3. The van der Waals surface area contributed by atoms with Crippen molar-refractivity contribution in [2.75, 3.05) is 14.2 Å². The first-order valence-corrected chi connectivity index (χ1v) is 11.2. The van der Waals surface area contributed by atoms with Crippen LogP contribution in [0.1, 0.15) is 67.6 Å². The lowest BCUT2D eigenvalue weighted by atomic mass is 9.92. The van der Waals surface area contributed by atoms with E-state index in [1.807, 2.05) is 13.0 Å². The van der Waals surface area contributed by atoms with Gasteiger partial charge in [-0.25, -0.2) is 0 Å². The van der Waals surface area contributed by atoms with Crippen LogP contribution in [-0.4, -0.2) is 35.3 Å². The van der Waals surface area contributed by atoms with Crippen molar-refractivity contribution < 1.29 is 34.3 Å². The maximum absolute atomic E-state index is 13.0. The number of carbonyl (C=O) groups excluding carboxylic acids is 1. The molecule has 3 N–H and O–H groups in total. The first-order chi connectivity index (χ1) is 16.2. The monoisotopic (exact) mass is 468 g/mol. The van der Waals surface area contributed by atoms with Crippen molar-refractivity contribution in [3.63, 3.8) is 0 Å². The van der Waals surface area contributed by atoms with Gasteiger partial charge >= 0.3 is 0 Å². The molecule has 1 heterocycles. The smallest absolute Gasteiger partial charge is 0.200 e. The van der Waals surface area contributed by atoms with Gasteiger partial charge in [0, 0.05) is 17.2 Å². The van der Waals surface area contributed by atoms with Crippen LogP contribution in [0.25, 0.3) is 0 Å². The zero-order chi connectivity index (χ0) is 25.0. The summed E-state index contributed by atoms with van der Waals surface area (Å²) in [4.78, 5) is 13.0. The molecule has 0 aromatic heterocycles. The van der Waals surface area contributed by atoms with Crippen molar-refractivity contribution in [3.05, 3.63) is 58.2 Å². The van der Waals surface area contributed by atoms with Crippen molar-refractivity contribution in [1.29, 1.82) is 0 Å². The molecule has 0 aliphatic carbocycles. The number of methoxy groups -OCH3 is 2. The van der Waals surface area contributed by atoms with Gasteiger partial charge in [-0.1, -0.05) is 23.3 Å². The number of carbonyl (C=O) groups is 1. The molecule has 0 radical (unpaired) electrons. The molecule has 0 unspecified atom stereocenters. The highest BCUT2D eigenvalue weighted by atomic mass is 16.5. The molecule has 1 aliphatic rings. The van der Waals surface area contributed by atoms with Gasteiger partial charge in [0.15, 0.2) is 17.3 Å². The van der Waals surface area contributed by atoms with Crippen molar-refractivity contribution in [1.82, 2.24) is 0 Å². The summed E-state index contributed by atoms with van der Waals surface area (Å²) in [7, 11) is 2.82. The van der Waals surface area contributed by atoms with Gasteiger partial charge in [-0.2, -0.15) is 0 Å². The van der Waals surface area contributed by atoms with Crippen molar-refractivity contribution in [2.45, 2.75) is 52.6 Å². The van der Waals surface area contributed by atoms with Crippen LogP contribution in [0.4, 0.5) is 0 Å². The van der Waals surface area contributed by atoms with E-state index in [-0.39, 0.29) is 52.3 Å². The fourth-order valence-electron chi connectivity index (χ4n) is 3.95. The Balaban J connectivity index is 1.88. The molecule has 7 heteroatoms. The molecule has 0 saturated heterocycles. The van der Waals surface area contributed by atoms with E-state index in [0.717, 1.165) is 18.4 Å². The lowest BCUT2D eigenvalue weighted by molar-refractivity contribution is 0.0843. The van der Waals surface area contributed by atoms with Crippen LogP contribution in [0.15, 0.2) is 41.5 Å². The van der Waals surface area contributed by atoms with E-state index in [1.54, 1.807) is 12.1 Å². The molecule has 2 aromatic carbocycles. The number of allylic oxidation sites excluding steroid dienone is 4. The van der Waals surface area contributed by atoms with Crippen LogP contribution in [0, 0.1) is 0 Å². The van der Waals surface area contributed by atoms with Gasteiger partial charge in [0.25, 0.3) is 0 Å². The van der Waals surface area contributed by atoms with E-state index in [1.165, 1.54) is 25.9 Å². The van der Waals surface area contributed by atoms with Gasteiger partial charge in [-0.05, 0) is 52.2 Å². The fourth-order valence-corrected chi connectivity index (χ4v) is 3.95. The average Bonchev–Trinajstić information content (AvgIpc) is 2.78. The summed E-state index contributed by atoms with van der Waals surface area (Å²) in [5.41, 5.74) is 3.31. The Morgan fingerprint density at radius 2 is 1.68 bits per heavy atom. The highest BCUT2D eigenvalue weighted by Crippen LogP contribution is 2.47. The number of phenolic OH excluding ortho intramolecular Hbond substituents is 3. The number of hydrogen-bond acceptors (Lipinski definition) is 7. The Hall–Kier alpha value is -3.61. The molecule has 0 fully saturated rings. The second-order valence-electron chi connectivity index (χ2n) is 8.68. The molecular formula is C27H32O7. The van der Waals surface area contributed by atoms with Crippen LogP contribution in [0.5, 0.6) is 34.5 Å². The summed E-state index contributed by atoms with van der Waals surface area (Å²) >= 11 is 0. The molecule has 0 amide bonds. The third-order valence-electron chi connectivity index (χ3n) is 5.88. The minimum Gasteiger partial charge on any atom is -0.507 e. The Morgan fingerprint density at radius 3 is 2.26 bits per heavy atom. The van der Waals surface area contributed by atoms with Crippen LogP contribution < -0.4 is 14.2 Å². The molecular weight excluding hydrogens is 436 g/mol. The lowest BCUT2D eigenvalue weighted by Crippen LogP contribution is -2.21. The SMILES string of the molecule is COc1cc([C@@H]2CC(=O)c3c(cc(O)c(C/C=C(\C)CCC=C(C)C)c3O)O2)cc(OC)c1O. The minimum absolute atomic E-state index is 0.0283. The number of ether oxygens (including phenoxy) is 3. The van der Waals surface area contributed by atoms with E-state index in [2.05, 4.69) is 19.9 Å². The van der Waals surface area contributed by atoms with Crippen molar-refractivity contribution in [3.8, 4) is 34.5 Å². The second kappa shape index (κ2) is 10.5. The molecule has 3 rings (SSSR count). The molecule has 1 aliphatic heterocycles. The second-order valence-corrected chi connectivity index (χ2v) is 8.68. The predicted molar refractivity (Wildman–Crippen MR) is 129 cm³/mol. The molecule has 0 saturated carbocycles. The maximum atomic E-state index is 13.0. The number of Topliss-reactive ketones (excluding diaryl/α,β-unsaturated/α-hetero) is 1. The molecule has 0 spiro atoms. The summed E-state index contributed by atoms with van der Waals surface area (Å²) in [5, 5.41) is 31.6. The summed E-state index contributed by atoms with van der Waals surface area (Å²) in [5.74, 6) is -0.379. The Bertz CT molecular complexity index is 1120.